The molecule has 4 unspecified atom stereocenters. The minimum absolute atomic E-state index is 0.0102. The molecule has 0 aromatic heterocycles. The average molecular weight is 467 g/mol. The number of urea groups is 1. The topological polar surface area (TPSA) is 52.6 Å². The summed E-state index contributed by atoms with van der Waals surface area (Å²) in [6, 6.07) is -0.0102. The minimum Gasteiger partial charge on any atom is -0.391 e. The van der Waals surface area contributed by atoms with Crippen LogP contribution in [0.15, 0.2) is 0 Å². The Hall–Kier alpha value is -0.770. The molecule has 5 atom stereocenters. The van der Waals surface area contributed by atoms with E-state index in [9.17, 15) is 9.90 Å². The van der Waals surface area contributed by atoms with Gasteiger partial charge in [-0.2, -0.15) is 0 Å². The maximum absolute atomic E-state index is 12.0. The van der Waals surface area contributed by atoms with Crippen LogP contribution in [0.4, 0.5) is 4.79 Å². The number of amides is 2. The van der Waals surface area contributed by atoms with Crippen LogP contribution in [0.2, 0.25) is 0 Å². The molecular weight excluding hydrogens is 408 g/mol. The molecule has 2 amide bonds. The Morgan fingerprint density at radius 1 is 0.788 bits per heavy atom. The maximum atomic E-state index is 12.0. The SMILES string of the molecule is CCCC(C)CCCC(C)CCCCC(C)CCCC(C)CCCNC(=O)N1CC[C@@H](O)C1. The van der Waals surface area contributed by atoms with Gasteiger partial charge in [0.1, 0.15) is 0 Å². The van der Waals surface area contributed by atoms with Crippen LogP contribution in [0.3, 0.4) is 0 Å². The van der Waals surface area contributed by atoms with E-state index >= 15 is 0 Å². The molecule has 33 heavy (non-hydrogen) atoms. The van der Waals surface area contributed by atoms with E-state index < -0.39 is 0 Å². The largest absolute Gasteiger partial charge is 0.391 e. The van der Waals surface area contributed by atoms with E-state index in [0.717, 1.165) is 36.6 Å². The van der Waals surface area contributed by atoms with Gasteiger partial charge in [-0.15, -0.1) is 0 Å². The number of rotatable bonds is 19. The lowest BCUT2D eigenvalue weighted by Gasteiger charge is -2.17. The Balaban J connectivity index is 1.93. The van der Waals surface area contributed by atoms with Crippen molar-refractivity contribution in [3.8, 4) is 0 Å². The molecule has 1 saturated heterocycles. The number of hydrogen-bond acceptors (Lipinski definition) is 2. The van der Waals surface area contributed by atoms with Gasteiger partial charge in [0.2, 0.25) is 0 Å². The Labute approximate surface area is 206 Å². The number of aliphatic hydroxyl groups excluding tert-OH is 1. The predicted octanol–water partition coefficient (Wildman–Crippen LogP) is 7.79. The van der Waals surface area contributed by atoms with Gasteiger partial charge in [0.15, 0.2) is 0 Å². The molecule has 4 heteroatoms. The second-order valence-corrected chi connectivity index (χ2v) is 11.6. The number of unbranched alkanes of at least 4 members (excludes halogenated alkanes) is 1. The molecule has 0 radical (unpaired) electrons. The van der Waals surface area contributed by atoms with Crippen molar-refractivity contribution in [1.82, 2.24) is 10.2 Å². The summed E-state index contributed by atoms with van der Waals surface area (Å²) < 4.78 is 0. The van der Waals surface area contributed by atoms with Crippen LogP contribution in [0.25, 0.3) is 0 Å². The predicted molar refractivity (Wildman–Crippen MR) is 143 cm³/mol. The molecule has 1 fully saturated rings. The highest BCUT2D eigenvalue weighted by Crippen LogP contribution is 2.23. The lowest BCUT2D eigenvalue weighted by atomic mass is 9.91. The third kappa shape index (κ3) is 15.7. The van der Waals surface area contributed by atoms with Crippen molar-refractivity contribution in [2.75, 3.05) is 19.6 Å². The highest BCUT2D eigenvalue weighted by atomic mass is 16.3. The molecule has 0 bridgehead atoms. The Bertz CT molecular complexity index is 484. The second kappa shape index (κ2) is 18.5. The number of carbonyl (C=O) groups is 1. The van der Waals surface area contributed by atoms with Crippen molar-refractivity contribution in [3.05, 3.63) is 0 Å². The molecule has 0 aromatic rings. The summed E-state index contributed by atoms with van der Waals surface area (Å²) in [6.45, 7) is 13.9. The molecule has 1 aliphatic rings. The Morgan fingerprint density at radius 3 is 1.70 bits per heavy atom. The molecule has 0 saturated carbocycles. The van der Waals surface area contributed by atoms with Crippen molar-refractivity contribution in [2.45, 2.75) is 137 Å². The third-order valence-corrected chi connectivity index (χ3v) is 7.81. The third-order valence-electron chi connectivity index (χ3n) is 7.81. The van der Waals surface area contributed by atoms with E-state index in [-0.39, 0.29) is 12.1 Å². The molecule has 2 N–H and O–H groups in total. The van der Waals surface area contributed by atoms with E-state index in [1.54, 1.807) is 4.90 Å². The van der Waals surface area contributed by atoms with Gasteiger partial charge in [0.25, 0.3) is 0 Å². The van der Waals surface area contributed by atoms with Crippen molar-refractivity contribution in [3.63, 3.8) is 0 Å². The number of likely N-dealkylation sites (tertiary alicyclic amines) is 1. The van der Waals surface area contributed by atoms with Gasteiger partial charge < -0.3 is 15.3 Å². The second-order valence-electron chi connectivity index (χ2n) is 11.6. The first-order valence-corrected chi connectivity index (χ1v) is 14.5. The monoisotopic (exact) mass is 466 g/mol. The van der Waals surface area contributed by atoms with Crippen LogP contribution in [-0.4, -0.2) is 41.8 Å². The number of hydrogen-bond donors (Lipinski definition) is 2. The van der Waals surface area contributed by atoms with Crippen LogP contribution in [0.1, 0.15) is 131 Å². The highest BCUT2D eigenvalue weighted by Gasteiger charge is 2.23. The minimum atomic E-state index is -0.337. The van der Waals surface area contributed by atoms with E-state index in [1.807, 2.05) is 0 Å². The van der Waals surface area contributed by atoms with Crippen LogP contribution in [0, 0.1) is 23.7 Å². The van der Waals surface area contributed by atoms with Crippen LogP contribution < -0.4 is 5.32 Å². The molecule has 0 aromatic carbocycles. The zero-order valence-corrected chi connectivity index (χ0v) is 22.9. The van der Waals surface area contributed by atoms with Crippen molar-refractivity contribution in [2.24, 2.45) is 23.7 Å². The summed E-state index contributed by atoms with van der Waals surface area (Å²) in [5, 5.41) is 12.5. The summed E-state index contributed by atoms with van der Waals surface area (Å²) in [5.41, 5.74) is 0. The molecule has 1 aliphatic heterocycles. The lowest BCUT2D eigenvalue weighted by Crippen LogP contribution is -2.39. The van der Waals surface area contributed by atoms with Gasteiger partial charge in [-0.3, -0.25) is 0 Å². The normalized spacial score (nSPS) is 19.9. The zero-order valence-electron chi connectivity index (χ0n) is 22.9. The van der Waals surface area contributed by atoms with E-state index in [0.29, 0.717) is 19.5 Å². The van der Waals surface area contributed by atoms with Crippen LogP contribution in [-0.2, 0) is 0 Å². The summed E-state index contributed by atoms with van der Waals surface area (Å²) in [4.78, 5) is 13.8. The van der Waals surface area contributed by atoms with E-state index in [2.05, 4.69) is 39.9 Å². The molecule has 1 heterocycles. The van der Waals surface area contributed by atoms with Crippen molar-refractivity contribution in [1.29, 1.82) is 0 Å². The van der Waals surface area contributed by atoms with Gasteiger partial charge in [-0.1, -0.05) is 112 Å². The number of aliphatic hydroxyl groups is 1. The van der Waals surface area contributed by atoms with Gasteiger partial charge in [-0.25, -0.2) is 4.79 Å². The quantitative estimate of drug-likeness (QED) is 0.191. The Morgan fingerprint density at radius 2 is 1.24 bits per heavy atom. The summed E-state index contributed by atoms with van der Waals surface area (Å²) in [6.07, 6.45) is 19.2. The fourth-order valence-electron chi connectivity index (χ4n) is 5.37. The highest BCUT2D eigenvalue weighted by molar-refractivity contribution is 5.74. The van der Waals surface area contributed by atoms with E-state index in [1.165, 1.54) is 83.5 Å². The van der Waals surface area contributed by atoms with Gasteiger partial charge in [-0.05, 0) is 42.9 Å². The number of β-amino-alcohol motifs (C(OH)–C–C–N with tert-alkyl or cyclic N) is 1. The van der Waals surface area contributed by atoms with Crippen molar-refractivity contribution >= 4 is 6.03 Å². The fourth-order valence-corrected chi connectivity index (χ4v) is 5.37. The van der Waals surface area contributed by atoms with Gasteiger partial charge >= 0.3 is 6.03 Å². The smallest absolute Gasteiger partial charge is 0.317 e. The maximum Gasteiger partial charge on any atom is 0.317 e. The standard InChI is InChI=1S/C29H58N2O2/c1-6-12-24(2)15-9-16-25(3)13-7-8-14-26(4)17-10-18-27(5)19-11-21-30-29(33)31-22-20-28(32)23-31/h24-28,32H,6-23H2,1-5H3,(H,30,33)/t24?,25?,26?,27?,28-/m1/s1. The number of nitrogens with zero attached hydrogens (tertiary/aromatic N) is 1. The first-order valence-electron chi connectivity index (χ1n) is 14.5. The average Bonchev–Trinajstić information content (AvgIpc) is 3.21. The zero-order chi connectivity index (χ0) is 24.5. The van der Waals surface area contributed by atoms with Crippen LogP contribution >= 0.6 is 0 Å². The van der Waals surface area contributed by atoms with Gasteiger partial charge in [0, 0.05) is 19.6 Å². The molecule has 4 nitrogen and oxygen atoms in total. The Kier molecular flexibility index (Phi) is 17.0. The van der Waals surface area contributed by atoms with E-state index in [4.69, 9.17) is 0 Å². The first-order chi connectivity index (χ1) is 15.8. The van der Waals surface area contributed by atoms with Crippen molar-refractivity contribution < 1.29 is 9.90 Å². The molecule has 0 aliphatic carbocycles. The van der Waals surface area contributed by atoms with Gasteiger partial charge in [0.05, 0.1) is 6.10 Å². The number of carbonyl (C=O) groups excluding carboxylic acids is 1. The first kappa shape index (κ1) is 30.3. The summed E-state index contributed by atoms with van der Waals surface area (Å²) in [7, 11) is 0. The molecule has 0 spiro atoms. The molecular formula is C29H58N2O2. The summed E-state index contributed by atoms with van der Waals surface area (Å²) in [5.74, 6) is 3.42. The summed E-state index contributed by atoms with van der Waals surface area (Å²) >= 11 is 0. The lowest BCUT2D eigenvalue weighted by molar-refractivity contribution is 0.172. The number of nitrogens with one attached hydrogen (secondary N) is 1. The molecule has 1 rings (SSSR count). The fraction of sp³-hybridized carbons (Fsp3) is 0.966. The molecule has 196 valence electrons. The van der Waals surface area contributed by atoms with Crippen LogP contribution in [0.5, 0.6) is 0 Å².